The van der Waals surface area contributed by atoms with Crippen molar-refractivity contribution in [3.8, 4) is 5.75 Å². The molecular weight excluding hydrogens is 334 g/mol. The quantitative estimate of drug-likeness (QED) is 0.777. The second-order valence-corrected chi connectivity index (χ2v) is 7.25. The van der Waals surface area contributed by atoms with Crippen molar-refractivity contribution in [2.45, 2.75) is 6.92 Å². The largest absolute Gasteiger partial charge is 0.497 e. The van der Waals surface area contributed by atoms with Crippen LogP contribution in [0.5, 0.6) is 5.75 Å². The Hall–Kier alpha value is -2.60. The lowest BCUT2D eigenvalue weighted by molar-refractivity contribution is -0.120. The Morgan fingerprint density at radius 1 is 1.28 bits per heavy atom. The van der Waals surface area contributed by atoms with E-state index in [-0.39, 0.29) is 11.8 Å². The molecule has 128 valence electrons. The van der Waals surface area contributed by atoms with E-state index in [1.54, 1.807) is 18.4 Å². The molecule has 6 heteroatoms. The van der Waals surface area contributed by atoms with Gasteiger partial charge in [-0.1, -0.05) is 29.5 Å². The number of rotatable bonds is 4. The van der Waals surface area contributed by atoms with Crippen LogP contribution < -0.4 is 15.0 Å². The average Bonchev–Trinajstić information content (AvgIpc) is 2.98. The number of carbonyl (C=O) groups is 1. The Morgan fingerprint density at radius 3 is 2.84 bits per heavy atom. The molecule has 1 amide bonds. The number of thiazole rings is 1. The number of nitrogens with zero attached hydrogens (tertiary/aromatic N) is 2. The highest BCUT2D eigenvalue weighted by Crippen LogP contribution is 2.34. The lowest BCUT2D eigenvalue weighted by Gasteiger charge is -2.38. The molecule has 2 heterocycles. The minimum Gasteiger partial charge on any atom is -0.497 e. The van der Waals surface area contributed by atoms with Gasteiger partial charge in [0.05, 0.1) is 23.2 Å². The Balaban J connectivity index is 1.41. The van der Waals surface area contributed by atoms with Crippen molar-refractivity contribution in [2.24, 2.45) is 5.92 Å². The summed E-state index contributed by atoms with van der Waals surface area (Å²) < 4.78 is 6.37. The van der Waals surface area contributed by atoms with Crippen LogP contribution in [0, 0.1) is 12.8 Å². The number of aryl methyl sites for hydroxylation is 1. The Morgan fingerprint density at radius 2 is 2.08 bits per heavy atom. The second-order valence-electron chi connectivity index (χ2n) is 6.24. The third-order valence-corrected chi connectivity index (χ3v) is 5.61. The molecule has 0 saturated carbocycles. The van der Waals surface area contributed by atoms with Gasteiger partial charge in [0, 0.05) is 24.8 Å². The fraction of sp³-hybridized carbons (Fsp3) is 0.263. The van der Waals surface area contributed by atoms with Gasteiger partial charge < -0.3 is 15.0 Å². The molecular formula is C19H19N3O2S. The number of benzene rings is 2. The van der Waals surface area contributed by atoms with Crippen molar-refractivity contribution in [1.82, 2.24) is 4.98 Å². The van der Waals surface area contributed by atoms with Crippen LogP contribution in [0.4, 0.5) is 10.8 Å². The molecule has 3 aromatic rings. The molecule has 0 radical (unpaired) electrons. The number of hydrogen-bond acceptors (Lipinski definition) is 5. The topological polar surface area (TPSA) is 54.5 Å². The zero-order valence-corrected chi connectivity index (χ0v) is 15.0. The first-order chi connectivity index (χ1) is 12.1. The zero-order valence-electron chi connectivity index (χ0n) is 14.2. The van der Waals surface area contributed by atoms with Gasteiger partial charge in [-0.3, -0.25) is 4.79 Å². The van der Waals surface area contributed by atoms with Gasteiger partial charge in [-0.2, -0.15) is 0 Å². The number of para-hydroxylation sites is 1. The van der Waals surface area contributed by atoms with E-state index in [2.05, 4.69) is 15.2 Å². The Labute approximate surface area is 150 Å². The summed E-state index contributed by atoms with van der Waals surface area (Å²) in [5.74, 6) is 0.887. The monoisotopic (exact) mass is 353 g/mol. The molecule has 25 heavy (non-hydrogen) atoms. The molecule has 0 unspecified atom stereocenters. The number of anilines is 2. The van der Waals surface area contributed by atoms with Crippen molar-refractivity contribution in [3.05, 3.63) is 48.0 Å². The van der Waals surface area contributed by atoms with E-state index >= 15 is 0 Å². The summed E-state index contributed by atoms with van der Waals surface area (Å²) in [5, 5.41) is 3.99. The maximum absolute atomic E-state index is 12.4. The highest BCUT2D eigenvalue weighted by atomic mass is 32.1. The van der Waals surface area contributed by atoms with Crippen LogP contribution in [0.1, 0.15) is 5.56 Å². The lowest BCUT2D eigenvalue weighted by Crippen LogP contribution is -2.52. The number of ether oxygens (including phenoxy) is 1. The fourth-order valence-electron chi connectivity index (χ4n) is 2.91. The highest BCUT2D eigenvalue weighted by Gasteiger charge is 2.34. The summed E-state index contributed by atoms with van der Waals surface area (Å²) in [7, 11) is 1.65. The summed E-state index contributed by atoms with van der Waals surface area (Å²) in [6.07, 6.45) is 0. The number of nitrogens with one attached hydrogen (secondary N) is 1. The Bertz CT molecular complexity index is 931. The molecule has 0 bridgehead atoms. The van der Waals surface area contributed by atoms with Crippen LogP contribution >= 0.6 is 11.3 Å². The van der Waals surface area contributed by atoms with E-state index in [0.717, 1.165) is 32.3 Å². The molecule has 1 saturated heterocycles. The van der Waals surface area contributed by atoms with Gasteiger partial charge in [0.15, 0.2) is 5.13 Å². The number of carbonyl (C=O) groups excluding carboxylic acids is 1. The first kappa shape index (κ1) is 15.9. The van der Waals surface area contributed by atoms with Gasteiger partial charge in [0.1, 0.15) is 5.75 Å². The van der Waals surface area contributed by atoms with Crippen LogP contribution in [0.2, 0.25) is 0 Å². The van der Waals surface area contributed by atoms with Crippen molar-refractivity contribution in [1.29, 1.82) is 0 Å². The summed E-state index contributed by atoms with van der Waals surface area (Å²) in [6, 6.07) is 13.7. The van der Waals surface area contributed by atoms with E-state index in [0.29, 0.717) is 13.1 Å². The maximum Gasteiger partial charge on any atom is 0.231 e. The molecule has 1 N–H and O–H groups in total. The van der Waals surface area contributed by atoms with Gasteiger partial charge in [-0.25, -0.2) is 4.98 Å². The van der Waals surface area contributed by atoms with Gasteiger partial charge in [-0.15, -0.1) is 0 Å². The number of fused-ring (bicyclic) bond motifs is 1. The summed E-state index contributed by atoms with van der Waals surface area (Å²) >= 11 is 1.65. The highest BCUT2D eigenvalue weighted by molar-refractivity contribution is 7.22. The normalized spacial score (nSPS) is 14.4. The number of amides is 1. The summed E-state index contributed by atoms with van der Waals surface area (Å²) in [5.41, 5.74) is 2.90. The van der Waals surface area contributed by atoms with E-state index in [1.807, 2.05) is 49.4 Å². The fourth-order valence-corrected chi connectivity index (χ4v) is 3.87. The van der Waals surface area contributed by atoms with Crippen LogP contribution in [0.3, 0.4) is 0 Å². The molecule has 1 aromatic heterocycles. The SMILES string of the molecule is COc1ccc2sc(N3CC(C(=O)Nc4ccccc4C)C3)nc2c1. The van der Waals surface area contributed by atoms with Crippen LogP contribution in [-0.4, -0.2) is 31.1 Å². The summed E-state index contributed by atoms with van der Waals surface area (Å²) in [6.45, 7) is 3.40. The van der Waals surface area contributed by atoms with Gasteiger partial charge in [0.25, 0.3) is 0 Å². The zero-order chi connectivity index (χ0) is 17.4. The molecule has 0 atom stereocenters. The van der Waals surface area contributed by atoms with Crippen LogP contribution in [0.25, 0.3) is 10.2 Å². The van der Waals surface area contributed by atoms with E-state index in [9.17, 15) is 4.79 Å². The molecule has 5 nitrogen and oxygen atoms in total. The number of hydrogen-bond donors (Lipinski definition) is 1. The molecule has 0 spiro atoms. The molecule has 2 aromatic carbocycles. The van der Waals surface area contributed by atoms with E-state index in [4.69, 9.17) is 4.74 Å². The molecule has 4 rings (SSSR count). The molecule has 0 aliphatic carbocycles. The van der Waals surface area contributed by atoms with Gasteiger partial charge in [-0.05, 0) is 30.7 Å². The average molecular weight is 353 g/mol. The number of methoxy groups -OCH3 is 1. The second kappa shape index (κ2) is 6.37. The minimum absolute atomic E-state index is 0.00107. The first-order valence-corrected chi connectivity index (χ1v) is 9.02. The lowest BCUT2D eigenvalue weighted by atomic mass is 10.00. The maximum atomic E-state index is 12.4. The van der Waals surface area contributed by atoms with Gasteiger partial charge in [0.2, 0.25) is 5.91 Å². The molecule has 1 fully saturated rings. The molecule has 1 aliphatic heterocycles. The third-order valence-electron chi connectivity index (χ3n) is 4.51. The van der Waals surface area contributed by atoms with Gasteiger partial charge >= 0.3 is 0 Å². The predicted octanol–water partition coefficient (Wildman–Crippen LogP) is 3.69. The Kier molecular flexibility index (Phi) is 4.05. The number of aromatic nitrogens is 1. The summed E-state index contributed by atoms with van der Waals surface area (Å²) in [4.78, 5) is 19.2. The van der Waals surface area contributed by atoms with E-state index in [1.165, 1.54) is 0 Å². The van der Waals surface area contributed by atoms with Crippen LogP contribution in [0.15, 0.2) is 42.5 Å². The predicted molar refractivity (Wildman–Crippen MR) is 102 cm³/mol. The first-order valence-electron chi connectivity index (χ1n) is 8.20. The van der Waals surface area contributed by atoms with Crippen LogP contribution in [-0.2, 0) is 4.79 Å². The van der Waals surface area contributed by atoms with Crippen molar-refractivity contribution < 1.29 is 9.53 Å². The van der Waals surface area contributed by atoms with Crippen molar-refractivity contribution in [3.63, 3.8) is 0 Å². The molecule has 1 aliphatic rings. The van der Waals surface area contributed by atoms with Crippen molar-refractivity contribution in [2.75, 3.05) is 30.4 Å². The smallest absolute Gasteiger partial charge is 0.231 e. The van der Waals surface area contributed by atoms with E-state index < -0.39 is 0 Å². The van der Waals surface area contributed by atoms with Crippen molar-refractivity contribution >= 4 is 38.3 Å². The third kappa shape index (κ3) is 3.05. The minimum atomic E-state index is 0.00107. The standard InChI is InChI=1S/C19H19N3O2S/c1-12-5-3-4-6-15(12)20-18(23)13-10-22(11-13)19-21-16-9-14(24-2)7-8-17(16)25-19/h3-9,13H,10-11H2,1-2H3,(H,20,23).